The minimum absolute atomic E-state index is 0.116. The van der Waals surface area contributed by atoms with Crippen molar-refractivity contribution in [2.75, 3.05) is 5.32 Å². The van der Waals surface area contributed by atoms with Crippen molar-refractivity contribution in [2.45, 2.75) is 6.54 Å². The van der Waals surface area contributed by atoms with Crippen LogP contribution in [0.3, 0.4) is 0 Å². The zero-order valence-corrected chi connectivity index (χ0v) is 13.8. The summed E-state index contributed by atoms with van der Waals surface area (Å²) in [5.41, 5.74) is 4.76. The first-order chi connectivity index (χ1) is 12.9. The molecule has 0 aliphatic heterocycles. The van der Waals surface area contributed by atoms with Crippen LogP contribution in [0.15, 0.2) is 53.3 Å². The van der Waals surface area contributed by atoms with Crippen LogP contribution in [0.5, 0.6) is 0 Å². The van der Waals surface area contributed by atoms with Crippen molar-refractivity contribution < 1.29 is 19.5 Å². The number of rotatable bonds is 5. The molecule has 9 heteroatoms. The Morgan fingerprint density at radius 1 is 1.04 bits per heavy atom. The van der Waals surface area contributed by atoms with E-state index in [1.165, 1.54) is 36.4 Å². The average Bonchev–Trinajstić information content (AvgIpc) is 2.64. The molecule has 27 heavy (non-hydrogen) atoms. The molecule has 3 aromatic rings. The maximum atomic E-state index is 12.5. The number of hydrogen-bond acceptors (Lipinski definition) is 6. The molecule has 2 amide bonds. The van der Waals surface area contributed by atoms with Gasteiger partial charge in [-0.1, -0.05) is 18.2 Å². The predicted molar refractivity (Wildman–Crippen MR) is 93.9 cm³/mol. The molecule has 0 aliphatic rings. The zero-order valence-electron chi connectivity index (χ0n) is 13.8. The molecule has 136 valence electrons. The van der Waals surface area contributed by atoms with E-state index in [0.29, 0.717) is 5.69 Å². The number of carboxylic acid groups (broad SMARTS) is 1. The van der Waals surface area contributed by atoms with Gasteiger partial charge >= 0.3 is 0 Å². The Kier molecular flexibility index (Phi) is 4.67. The summed E-state index contributed by atoms with van der Waals surface area (Å²) in [5, 5.41) is 17.8. The molecule has 0 spiro atoms. The quantitative estimate of drug-likeness (QED) is 0.623. The number of primary amides is 1. The summed E-state index contributed by atoms with van der Waals surface area (Å²) in [7, 11) is 0. The van der Waals surface area contributed by atoms with Crippen molar-refractivity contribution in [3.8, 4) is 0 Å². The number of aromatic carboxylic acids is 1. The van der Waals surface area contributed by atoms with Gasteiger partial charge in [0, 0.05) is 16.6 Å². The van der Waals surface area contributed by atoms with Crippen LogP contribution in [0, 0.1) is 0 Å². The Bertz CT molecular complexity index is 1120. The van der Waals surface area contributed by atoms with Crippen LogP contribution in [0.1, 0.15) is 20.8 Å². The molecule has 9 nitrogen and oxygen atoms in total. The molecule has 1 aromatic heterocycles. The van der Waals surface area contributed by atoms with E-state index < -0.39 is 35.6 Å². The smallest absolute Gasteiger partial charge is 0.275 e. The lowest BCUT2D eigenvalue weighted by molar-refractivity contribution is -0.255. The largest absolute Gasteiger partial charge is 0.543 e. The number of nitrogens with two attached hydrogens (primary N) is 1. The highest BCUT2D eigenvalue weighted by molar-refractivity contribution is 6.00. The van der Waals surface area contributed by atoms with Crippen LogP contribution in [0.25, 0.3) is 10.8 Å². The van der Waals surface area contributed by atoms with E-state index in [4.69, 9.17) is 5.73 Å². The van der Waals surface area contributed by atoms with Crippen LogP contribution in [-0.2, 0) is 11.3 Å². The standard InChI is InChI=1S/C18H14N4O5/c19-16(24)10-5-7-11(8-6-10)20-14(23)9-22-17(25)13-4-2-1-3-12(13)15(21-22)18(26)27/h1-8H,9H2,(H2,19,24)(H,20,23)(H,26,27)/p-1. The number of anilines is 1. The van der Waals surface area contributed by atoms with Crippen LogP contribution < -0.4 is 21.7 Å². The Labute approximate surface area is 152 Å². The third kappa shape index (κ3) is 3.66. The number of nitrogens with zero attached hydrogens (tertiary/aromatic N) is 2. The molecule has 0 aliphatic carbocycles. The Hall–Kier alpha value is -4.01. The van der Waals surface area contributed by atoms with Crippen molar-refractivity contribution in [3.05, 3.63) is 70.1 Å². The van der Waals surface area contributed by atoms with E-state index in [1.807, 2.05) is 0 Å². The van der Waals surface area contributed by atoms with Crippen LogP contribution in [-0.4, -0.2) is 27.6 Å². The molecule has 0 radical (unpaired) electrons. The van der Waals surface area contributed by atoms with Crippen molar-refractivity contribution >= 4 is 34.2 Å². The predicted octanol–water partition coefficient (Wildman–Crippen LogP) is -0.502. The number of fused-ring (bicyclic) bond motifs is 1. The highest BCUT2D eigenvalue weighted by Gasteiger charge is 2.13. The SMILES string of the molecule is NC(=O)c1ccc(NC(=O)Cn2nc(C(=O)[O-])c3ccccc3c2=O)cc1. The van der Waals surface area contributed by atoms with E-state index in [-0.39, 0.29) is 16.3 Å². The number of carboxylic acids is 1. The summed E-state index contributed by atoms with van der Waals surface area (Å²) in [6.45, 7) is -0.498. The molecule has 3 rings (SSSR count). The zero-order chi connectivity index (χ0) is 19.6. The number of hydrogen-bond donors (Lipinski definition) is 2. The maximum Gasteiger partial charge on any atom is 0.275 e. The minimum Gasteiger partial charge on any atom is -0.543 e. The van der Waals surface area contributed by atoms with Crippen molar-refractivity contribution in [2.24, 2.45) is 5.73 Å². The van der Waals surface area contributed by atoms with E-state index >= 15 is 0 Å². The lowest BCUT2D eigenvalue weighted by Crippen LogP contribution is -2.34. The van der Waals surface area contributed by atoms with Crippen LogP contribution in [0.2, 0.25) is 0 Å². The van der Waals surface area contributed by atoms with E-state index in [9.17, 15) is 24.3 Å². The second kappa shape index (κ2) is 7.08. The first-order valence-corrected chi connectivity index (χ1v) is 7.78. The summed E-state index contributed by atoms with van der Waals surface area (Å²) >= 11 is 0. The summed E-state index contributed by atoms with van der Waals surface area (Å²) in [5.74, 6) is -2.76. The van der Waals surface area contributed by atoms with Gasteiger partial charge in [0.05, 0.1) is 11.4 Å². The fourth-order valence-electron chi connectivity index (χ4n) is 2.55. The summed E-state index contributed by atoms with van der Waals surface area (Å²) < 4.78 is 0.764. The van der Waals surface area contributed by atoms with Crippen molar-refractivity contribution in [1.29, 1.82) is 0 Å². The second-order valence-corrected chi connectivity index (χ2v) is 5.63. The van der Waals surface area contributed by atoms with Gasteiger partial charge in [-0.05, 0) is 30.3 Å². The molecule has 0 bridgehead atoms. The van der Waals surface area contributed by atoms with E-state index in [2.05, 4.69) is 10.4 Å². The van der Waals surface area contributed by atoms with Gasteiger partial charge in [-0.3, -0.25) is 14.4 Å². The average molecular weight is 365 g/mol. The topological polar surface area (TPSA) is 147 Å². The monoisotopic (exact) mass is 365 g/mol. The van der Waals surface area contributed by atoms with E-state index in [0.717, 1.165) is 4.68 Å². The minimum atomic E-state index is -1.55. The summed E-state index contributed by atoms with van der Waals surface area (Å²) in [6.07, 6.45) is 0. The molecule has 0 fully saturated rings. The number of carbonyl (C=O) groups excluding carboxylic acids is 3. The Morgan fingerprint density at radius 2 is 1.67 bits per heavy atom. The van der Waals surface area contributed by atoms with E-state index in [1.54, 1.807) is 12.1 Å². The number of carbonyl (C=O) groups is 3. The van der Waals surface area contributed by atoms with Gasteiger partial charge in [0.1, 0.15) is 12.2 Å². The molecule has 0 saturated carbocycles. The summed E-state index contributed by atoms with van der Waals surface area (Å²) in [4.78, 5) is 47.0. The highest BCUT2D eigenvalue weighted by Crippen LogP contribution is 2.13. The lowest BCUT2D eigenvalue weighted by atomic mass is 10.1. The van der Waals surface area contributed by atoms with Gasteiger partial charge in [-0.2, -0.15) is 5.10 Å². The molecular weight excluding hydrogens is 352 g/mol. The molecule has 0 saturated heterocycles. The third-order valence-electron chi connectivity index (χ3n) is 3.81. The Balaban J connectivity index is 1.88. The number of aromatic nitrogens is 2. The van der Waals surface area contributed by atoms with Crippen molar-refractivity contribution in [1.82, 2.24) is 9.78 Å². The molecule has 0 unspecified atom stereocenters. The van der Waals surface area contributed by atoms with Gasteiger partial charge < -0.3 is 21.0 Å². The molecule has 0 atom stereocenters. The van der Waals surface area contributed by atoms with Crippen LogP contribution in [0.4, 0.5) is 5.69 Å². The fraction of sp³-hybridized carbons (Fsp3) is 0.0556. The van der Waals surface area contributed by atoms with Gasteiger partial charge in [0.25, 0.3) is 5.56 Å². The first kappa shape index (κ1) is 17.8. The van der Waals surface area contributed by atoms with Gasteiger partial charge in [0.15, 0.2) is 0 Å². The fourth-order valence-corrected chi connectivity index (χ4v) is 2.55. The highest BCUT2D eigenvalue weighted by atomic mass is 16.4. The number of nitrogens with one attached hydrogen (secondary N) is 1. The first-order valence-electron chi connectivity index (χ1n) is 7.78. The number of amides is 2. The molecule has 3 N–H and O–H groups in total. The normalized spacial score (nSPS) is 10.5. The summed E-state index contributed by atoms with van der Waals surface area (Å²) in [6, 6.07) is 11.9. The van der Waals surface area contributed by atoms with Crippen molar-refractivity contribution in [3.63, 3.8) is 0 Å². The third-order valence-corrected chi connectivity index (χ3v) is 3.81. The molecular formula is C18H13N4O5-. The Morgan fingerprint density at radius 3 is 2.26 bits per heavy atom. The number of benzene rings is 2. The van der Waals surface area contributed by atoms with Gasteiger partial charge in [0.2, 0.25) is 11.8 Å². The van der Waals surface area contributed by atoms with Gasteiger partial charge in [-0.15, -0.1) is 0 Å². The maximum absolute atomic E-state index is 12.5. The van der Waals surface area contributed by atoms with Gasteiger partial charge in [-0.25, -0.2) is 4.68 Å². The lowest BCUT2D eigenvalue weighted by Gasteiger charge is -2.11. The molecule has 1 heterocycles. The molecule has 2 aromatic carbocycles. The van der Waals surface area contributed by atoms with Crippen LogP contribution >= 0.6 is 0 Å². The second-order valence-electron chi connectivity index (χ2n) is 5.63.